The Hall–Kier alpha value is -3.28. The standard InChI is InChI=1S/C20H14F3NO2/c21-20(22,23)26-18-10-8-17(9-11-18)19(25)24-13-12-16(14-24)7-6-15-4-2-1-3-5-15/h1-14H. The number of nitrogens with zero attached hydrogens (tertiary/aromatic N) is 1. The molecule has 0 aliphatic heterocycles. The van der Waals surface area contributed by atoms with Crippen molar-refractivity contribution in [2.24, 2.45) is 0 Å². The van der Waals surface area contributed by atoms with Gasteiger partial charge in [-0.15, -0.1) is 13.2 Å². The molecule has 0 atom stereocenters. The fourth-order valence-electron chi connectivity index (χ4n) is 2.34. The molecule has 0 spiro atoms. The van der Waals surface area contributed by atoms with Crippen molar-refractivity contribution >= 4 is 18.1 Å². The number of carbonyl (C=O) groups excluding carboxylic acids is 1. The molecule has 26 heavy (non-hydrogen) atoms. The Bertz CT molecular complexity index is 910. The molecule has 0 amide bonds. The number of aromatic nitrogens is 1. The number of benzene rings is 2. The van der Waals surface area contributed by atoms with Crippen LogP contribution in [0.1, 0.15) is 21.5 Å². The second kappa shape index (κ2) is 7.31. The number of hydrogen-bond donors (Lipinski definition) is 0. The van der Waals surface area contributed by atoms with Crippen molar-refractivity contribution in [2.45, 2.75) is 6.36 Å². The summed E-state index contributed by atoms with van der Waals surface area (Å²) < 4.78 is 41.7. The minimum Gasteiger partial charge on any atom is -0.406 e. The van der Waals surface area contributed by atoms with Crippen molar-refractivity contribution in [1.29, 1.82) is 0 Å². The third kappa shape index (κ3) is 4.63. The quantitative estimate of drug-likeness (QED) is 0.639. The Morgan fingerprint density at radius 3 is 2.19 bits per heavy atom. The highest BCUT2D eigenvalue weighted by Gasteiger charge is 2.31. The molecule has 6 heteroatoms. The maximum Gasteiger partial charge on any atom is 0.573 e. The first-order chi connectivity index (χ1) is 12.4. The number of rotatable bonds is 4. The molecule has 0 unspecified atom stereocenters. The molecule has 0 aliphatic rings. The first kappa shape index (κ1) is 17.5. The molecule has 0 saturated heterocycles. The highest BCUT2D eigenvalue weighted by molar-refractivity contribution is 5.96. The maximum atomic E-state index is 12.4. The lowest BCUT2D eigenvalue weighted by molar-refractivity contribution is -0.274. The fraction of sp³-hybridized carbons (Fsp3) is 0.0500. The summed E-state index contributed by atoms with van der Waals surface area (Å²) in [7, 11) is 0. The predicted octanol–water partition coefficient (Wildman–Crippen LogP) is 5.25. The number of hydrogen-bond acceptors (Lipinski definition) is 2. The lowest BCUT2D eigenvalue weighted by Gasteiger charge is -2.09. The van der Waals surface area contributed by atoms with Gasteiger partial charge in [-0.2, -0.15) is 0 Å². The van der Waals surface area contributed by atoms with E-state index in [9.17, 15) is 18.0 Å². The Balaban J connectivity index is 1.71. The van der Waals surface area contributed by atoms with Crippen LogP contribution in [-0.4, -0.2) is 16.8 Å². The van der Waals surface area contributed by atoms with E-state index in [1.54, 1.807) is 18.5 Å². The molecule has 0 bridgehead atoms. The van der Waals surface area contributed by atoms with Gasteiger partial charge in [-0.3, -0.25) is 9.36 Å². The SMILES string of the molecule is O=C(c1ccc(OC(F)(F)F)cc1)n1ccc(C=Cc2ccccc2)c1. The van der Waals surface area contributed by atoms with E-state index in [2.05, 4.69) is 4.74 Å². The van der Waals surface area contributed by atoms with Crippen molar-refractivity contribution in [1.82, 2.24) is 4.57 Å². The predicted molar refractivity (Wildman–Crippen MR) is 92.7 cm³/mol. The number of alkyl halides is 3. The van der Waals surface area contributed by atoms with E-state index in [4.69, 9.17) is 0 Å². The smallest absolute Gasteiger partial charge is 0.406 e. The van der Waals surface area contributed by atoms with Gasteiger partial charge in [-0.1, -0.05) is 42.5 Å². The molecule has 0 fully saturated rings. The second-order valence-corrected chi connectivity index (χ2v) is 5.47. The number of halogens is 3. The minimum atomic E-state index is -4.76. The summed E-state index contributed by atoms with van der Waals surface area (Å²) in [5.74, 6) is -0.712. The summed E-state index contributed by atoms with van der Waals surface area (Å²) in [5.41, 5.74) is 2.12. The van der Waals surface area contributed by atoms with E-state index >= 15 is 0 Å². The molecule has 1 heterocycles. The zero-order chi connectivity index (χ0) is 18.6. The largest absolute Gasteiger partial charge is 0.573 e. The lowest BCUT2D eigenvalue weighted by atomic mass is 10.2. The van der Waals surface area contributed by atoms with Crippen LogP contribution in [0.5, 0.6) is 5.75 Å². The van der Waals surface area contributed by atoms with E-state index in [1.165, 1.54) is 16.7 Å². The average Bonchev–Trinajstić information content (AvgIpc) is 3.08. The van der Waals surface area contributed by atoms with E-state index in [0.29, 0.717) is 0 Å². The normalized spacial score (nSPS) is 11.7. The molecule has 3 rings (SSSR count). The van der Waals surface area contributed by atoms with Crippen molar-refractivity contribution in [3.63, 3.8) is 0 Å². The van der Waals surface area contributed by atoms with Crippen LogP contribution in [0.3, 0.4) is 0 Å². The molecule has 132 valence electrons. The molecule has 0 radical (unpaired) electrons. The van der Waals surface area contributed by atoms with Gasteiger partial charge in [0.15, 0.2) is 0 Å². The van der Waals surface area contributed by atoms with Crippen molar-refractivity contribution in [2.75, 3.05) is 0 Å². The summed E-state index contributed by atoms with van der Waals surface area (Å²) in [6, 6.07) is 16.3. The van der Waals surface area contributed by atoms with E-state index in [-0.39, 0.29) is 17.2 Å². The van der Waals surface area contributed by atoms with Gasteiger partial charge in [0.2, 0.25) is 0 Å². The summed E-state index contributed by atoms with van der Waals surface area (Å²) in [6.45, 7) is 0. The zero-order valence-corrected chi connectivity index (χ0v) is 13.5. The minimum absolute atomic E-state index is 0.258. The van der Waals surface area contributed by atoms with Gasteiger partial charge in [0.05, 0.1) is 0 Å². The summed E-state index contributed by atoms with van der Waals surface area (Å²) in [6.07, 6.45) is 2.30. The van der Waals surface area contributed by atoms with Gasteiger partial charge in [0.1, 0.15) is 5.75 Å². The summed E-state index contributed by atoms with van der Waals surface area (Å²) in [4.78, 5) is 12.4. The van der Waals surface area contributed by atoms with Crippen LogP contribution in [0.2, 0.25) is 0 Å². The molecule has 2 aromatic carbocycles. The molecule has 3 nitrogen and oxygen atoms in total. The monoisotopic (exact) mass is 357 g/mol. The summed E-state index contributed by atoms with van der Waals surface area (Å²) in [5, 5.41) is 0. The van der Waals surface area contributed by atoms with Crippen molar-refractivity contribution in [3.05, 3.63) is 89.7 Å². The highest BCUT2D eigenvalue weighted by Crippen LogP contribution is 2.23. The van der Waals surface area contributed by atoms with Gasteiger partial charge in [-0.05, 0) is 41.5 Å². The van der Waals surface area contributed by atoms with E-state index in [1.807, 2.05) is 42.5 Å². The topological polar surface area (TPSA) is 31.2 Å². The second-order valence-electron chi connectivity index (χ2n) is 5.47. The molecular formula is C20H14F3NO2. The molecule has 0 saturated carbocycles. The Morgan fingerprint density at radius 1 is 0.885 bits per heavy atom. The highest BCUT2D eigenvalue weighted by atomic mass is 19.4. The number of carbonyl (C=O) groups is 1. The van der Waals surface area contributed by atoms with Crippen LogP contribution in [0.15, 0.2) is 73.1 Å². The van der Waals surface area contributed by atoms with Gasteiger partial charge >= 0.3 is 6.36 Å². The molecule has 3 aromatic rings. The van der Waals surface area contributed by atoms with Gasteiger partial charge in [0.25, 0.3) is 5.91 Å². The first-order valence-electron chi connectivity index (χ1n) is 7.72. The maximum absolute atomic E-state index is 12.4. The Labute approximate surface area is 148 Å². The van der Waals surface area contributed by atoms with Gasteiger partial charge in [-0.25, -0.2) is 0 Å². The van der Waals surface area contributed by atoms with Gasteiger partial charge in [0, 0.05) is 18.0 Å². The van der Waals surface area contributed by atoms with Crippen molar-refractivity contribution < 1.29 is 22.7 Å². The van der Waals surface area contributed by atoms with Crippen LogP contribution in [-0.2, 0) is 0 Å². The Morgan fingerprint density at radius 2 is 1.54 bits per heavy atom. The van der Waals surface area contributed by atoms with Crippen LogP contribution in [0.4, 0.5) is 13.2 Å². The van der Waals surface area contributed by atoms with E-state index < -0.39 is 6.36 Å². The molecule has 0 aliphatic carbocycles. The Kier molecular flexibility index (Phi) is 4.93. The fourth-order valence-corrected chi connectivity index (χ4v) is 2.34. The van der Waals surface area contributed by atoms with Crippen molar-refractivity contribution in [3.8, 4) is 5.75 Å². The average molecular weight is 357 g/mol. The molecule has 1 aromatic heterocycles. The lowest BCUT2D eigenvalue weighted by Crippen LogP contribution is -2.17. The third-order valence-electron chi connectivity index (χ3n) is 3.55. The first-order valence-corrected chi connectivity index (χ1v) is 7.72. The van der Waals surface area contributed by atoms with Crippen LogP contribution in [0.25, 0.3) is 12.2 Å². The number of ether oxygens (including phenoxy) is 1. The third-order valence-corrected chi connectivity index (χ3v) is 3.55. The van der Waals surface area contributed by atoms with Gasteiger partial charge < -0.3 is 4.74 Å². The zero-order valence-electron chi connectivity index (χ0n) is 13.5. The molecule has 0 N–H and O–H groups in total. The summed E-state index contributed by atoms with van der Waals surface area (Å²) >= 11 is 0. The van der Waals surface area contributed by atoms with Crippen LogP contribution < -0.4 is 4.74 Å². The van der Waals surface area contributed by atoms with Crippen LogP contribution in [0, 0.1) is 0 Å². The molecular weight excluding hydrogens is 343 g/mol. The van der Waals surface area contributed by atoms with E-state index in [0.717, 1.165) is 23.3 Å². The van der Waals surface area contributed by atoms with Crippen LogP contribution >= 0.6 is 0 Å².